The Balaban J connectivity index is 0.00000169. The third kappa shape index (κ3) is 3.44. The zero-order valence-corrected chi connectivity index (χ0v) is 15.1. The largest absolute Gasteiger partial charge is 0.322 e. The number of para-hydroxylation sites is 2. The van der Waals surface area contributed by atoms with Crippen molar-refractivity contribution in [3.8, 4) is 0 Å². The summed E-state index contributed by atoms with van der Waals surface area (Å²) in [6.45, 7) is 4.03. The maximum Gasteiger partial charge on any atom is 0.124 e. The van der Waals surface area contributed by atoms with Crippen LogP contribution >= 0.6 is 24.0 Å². The van der Waals surface area contributed by atoms with Crippen LogP contribution < -0.4 is 0 Å². The highest BCUT2D eigenvalue weighted by molar-refractivity contribution is 6.31. The van der Waals surface area contributed by atoms with Crippen LogP contribution in [-0.4, -0.2) is 27.5 Å². The standard InChI is InChI=1S/C19H20ClN3.ClH/c20-16-8-2-1-7-15(16)13-23-18-10-4-3-9-17(18)21-19(23)14-22-11-5-6-12-22;/h1-4,7-10H,5-6,11-14H2;1H. The van der Waals surface area contributed by atoms with Crippen molar-refractivity contribution in [3.63, 3.8) is 0 Å². The summed E-state index contributed by atoms with van der Waals surface area (Å²) in [5.74, 6) is 1.13. The summed E-state index contributed by atoms with van der Waals surface area (Å²) in [4.78, 5) is 7.37. The lowest BCUT2D eigenvalue weighted by atomic mass is 10.2. The van der Waals surface area contributed by atoms with Crippen LogP contribution in [0.3, 0.4) is 0 Å². The van der Waals surface area contributed by atoms with Crippen molar-refractivity contribution in [1.29, 1.82) is 0 Å². The van der Waals surface area contributed by atoms with E-state index in [0.717, 1.165) is 35.0 Å². The molecule has 4 rings (SSSR count). The average Bonchev–Trinajstić information content (AvgIpc) is 3.19. The molecule has 0 radical (unpaired) electrons. The number of rotatable bonds is 4. The number of fused-ring (bicyclic) bond motifs is 1. The monoisotopic (exact) mass is 361 g/mol. The quantitative estimate of drug-likeness (QED) is 0.668. The molecule has 0 atom stereocenters. The molecule has 2 heterocycles. The molecule has 1 aromatic heterocycles. The topological polar surface area (TPSA) is 21.1 Å². The van der Waals surface area contributed by atoms with Gasteiger partial charge in [0.25, 0.3) is 0 Å². The molecule has 24 heavy (non-hydrogen) atoms. The van der Waals surface area contributed by atoms with E-state index in [4.69, 9.17) is 16.6 Å². The molecule has 3 aromatic rings. The molecule has 1 saturated heterocycles. The van der Waals surface area contributed by atoms with Crippen LogP contribution in [0.15, 0.2) is 48.5 Å². The van der Waals surface area contributed by atoms with Gasteiger partial charge in [0.1, 0.15) is 5.82 Å². The third-order valence-electron chi connectivity index (χ3n) is 4.58. The highest BCUT2D eigenvalue weighted by Crippen LogP contribution is 2.23. The van der Waals surface area contributed by atoms with Crippen molar-refractivity contribution in [3.05, 3.63) is 64.9 Å². The first-order chi connectivity index (χ1) is 11.3. The minimum absolute atomic E-state index is 0. The van der Waals surface area contributed by atoms with E-state index in [9.17, 15) is 0 Å². The zero-order chi connectivity index (χ0) is 15.6. The number of benzene rings is 2. The Kier molecular flexibility index (Phi) is 5.44. The van der Waals surface area contributed by atoms with Gasteiger partial charge in [0.15, 0.2) is 0 Å². The second-order valence-corrected chi connectivity index (χ2v) is 6.58. The van der Waals surface area contributed by atoms with Crippen molar-refractivity contribution >= 4 is 35.0 Å². The van der Waals surface area contributed by atoms with Gasteiger partial charge in [0.2, 0.25) is 0 Å². The number of nitrogens with zero attached hydrogens (tertiary/aromatic N) is 3. The number of likely N-dealkylation sites (tertiary alicyclic amines) is 1. The number of hydrogen-bond acceptors (Lipinski definition) is 2. The molecule has 126 valence electrons. The van der Waals surface area contributed by atoms with E-state index in [1.165, 1.54) is 31.4 Å². The predicted octanol–water partition coefficient (Wildman–Crippen LogP) is 4.76. The molecule has 1 aliphatic heterocycles. The van der Waals surface area contributed by atoms with E-state index in [1.54, 1.807) is 0 Å². The van der Waals surface area contributed by atoms with Gasteiger partial charge in [0.05, 0.1) is 24.1 Å². The highest BCUT2D eigenvalue weighted by Gasteiger charge is 2.17. The lowest BCUT2D eigenvalue weighted by Crippen LogP contribution is -2.21. The molecule has 0 unspecified atom stereocenters. The molecule has 2 aromatic carbocycles. The van der Waals surface area contributed by atoms with E-state index in [0.29, 0.717) is 0 Å². The first kappa shape index (κ1) is 17.3. The molecular weight excluding hydrogens is 341 g/mol. The van der Waals surface area contributed by atoms with Crippen molar-refractivity contribution in [1.82, 2.24) is 14.5 Å². The molecule has 0 saturated carbocycles. The molecular formula is C19H21Cl2N3. The van der Waals surface area contributed by atoms with Gasteiger partial charge in [-0.05, 0) is 49.7 Å². The van der Waals surface area contributed by atoms with Crippen LogP contribution in [-0.2, 0) is 13.1 Å². The third-order valence-corrected chi connectivity index (χ3v) is 4.95. The lowest BCUT2D eigenvalue weighted by molar-refractivity contribution is 0.318. The summed E-state index contributed by atoms with van der Waals surface area (Å²) in [7, 11) is 0. The summed E-state index contributed by atoms with van der Waals surface area (Å²) >= 11 is 6.37. The first-order valence-electron chi connectivity index (χ1n) is 8.21. The summed E-state index contributed by atoms with van der Waals surface area (Å²) in [6.07, 6.45) is 2.59. The van der Waals surface area contributed by atoms with E-state index in [-0.39, 0.29) is 12.4 Å². The fourth-order valence-corrected chi connectivity index (χ4v) is 3.56. The lowest BCUT2D eigenvalue weighted by Gasteiger charge is -2.16. The molecule has 1 fully saturated rings. The van der Waals surface area contributed by atoms with Crippen LogP contribution in [0.1, 0.15) is 24.2 Å². The molecule has 3 nitrogen and oxygen atoms in total. The molecule has 0 N–H and O–H groups in total. The maximum absolute atomic E-state index is 6.37. The van der Waals surface area contributed by atoms with Gasteiger partial charge >= 0.3 is 0 Å². The van der Waals surface area contributed by atoms with Crippen molar-refractivity contribution < 1.29 is 0 Å². The molecule has 0 amide bonds. The fourth-order valence-electron chi connectivity index (χ4n) is 3.36. The number of imidazole rings is 1. The molecule has 0 bridgehead atoms. The van der Waals surface area contributed by atoms with E-state index in [2.05, 4.69) is 39.8 Å². The summed E-state index contributed by atoms with van der Waals surface area (Å²) in [5, 5.41) is 0.817. The van der Waals surface area contributed by atoms with Gasteiger partial charge in [-0.3, -0.25) is 4.90 Å². The van der Waals surface area contributed by atoms with Gasteiger partial charge in [-0.1, -0.05) is 41.9 Å². The molecule has 5 heteroatoms. The summed E-state index contributed by atoms with van der Waals surface area (Å²) < 4.78 is 2.31. The Morgan fingerprint density at radius 3 is 2.42 bits per heavy atom. The minimum Gasteiger partial charge on any atom is -0.322 e. The van der Waals surface area contributed by atoms with Crippen LogP contribution in [0.2, 0.25) is 5.02 Å². The van der Waals surface area contributed by atoms with Crippen LogP contribution in [0.25, 0.3) is 11.0 Å². The van der Waals surface area contributed by atoms with Gasteiger partial charge < -0.3 is 4.57 Å². The maximum atomic E-state index is 6.37. The number of halogens is 2. The van der Waals surface area contributed by atoms with Crippen molar-refractivity contribution in [2.45, 2.75) is 25.9 Å². The normalized spacial score (nSPS) is 14.9. The van der Waals surface area contributed by atoms with Crippen LogP contribution in [0.5, 0.6) is 0 Å². The van der Waals surface area contributed by atoms with Gasteiger partial charge in [-0.2, -0.15) is 0 Å². The van der Waals surface area contributed by atoms with E-state index in [1.807, 2.05) is 18.2 Å². The fraction of sp³-hybridized carbons (Fsp3) is 0.316. The summed E-state index contributed by atoms with van der Waals surface area (Å²) in [6, 6.07) is 16.4. The SMILES string of the molecule is Cl.Clc1ccccc1Cn1c(CN2CCCC2)nc2ccccc21. The zero-order valence-electron chi connectivity index (χ0n) is 13.5. The Morgan fingerprint density at radius 2 is 1.62 bits per heavy atom. The van der Waals surface area contributed by atoms with Crippen molar-refractivity contribution in [2.24, 2.45) is 0 Å². The predicted molar refractivity (Wildman–Crippen MR) is 102 cm³/mol. The van der Waals surface area contributed by atoms with E-state index >= 15 is 0 Å². The Morgan fingerprint density at radius 1 is 0.917 bits per heavy atom. The Bertz CT molecular complexity index is 822. The van der Waals surface area contributed by atoms with Crippen LogP contribution in [0.4, 0.5) is 0 Å². The number of aromatic nitrogens is 2. The van der Waals surface area contributed by atoms with Gasteiger partial charge in [-0.15, -0.1) is 12.4 Å². The van der Waals surface area contributed by atoms with Crippen molar-refractivity contribution in [2.75, 3.05) is 13.1 Å². The average molecular weight is 362 g/mol. The van der Waals surface area contributed by atoms with Crippen LogP contribution in [0, 0.1) is 0 Å². The number of hydrogen-bond donors (Lipinski definition) is 0. The molecule has 0 spiro atoms. The van der Waals surface area contributed by atoms with Gasteiger partial charge in [-0.25, -0.2) is 4.98 Å². The summed E-state index contributed by atoms with van der Waals surface area (Å²) in [5.41, 5.74) is 3.38. The van der Waals surface area contributed by atoms with Gasteiger partial charge in [0, 0.05) is 5.02 Å². The molecule has 0 aliphatic carbocycles. The van der Waals surface area contributed by atoms with E-state index < -0.39 is 0 Å². The molecule has 1 aliphatic rings. The Labute approximate surface area is 153 Å². The second-order valence-electron chi connectivity index (χ2n) is 6.18. The first-order valence-corrected chi connectivity index (χ1v) is 8.59. The Hall–Kier alpha value is -1.55. The highest BCUT2D eigenvalue weighted by atomic mass is 35.5. The smallest absolute Gasteiger partial charge is 0.124 e. The minimum atomic E-state index is 0. The second kappa shape index (κ2) is 7.56.